The number of aliphatic hydroxyl groups excluding tert-OH is 2. The van der Waals surface area contributed by atoms with E-state index in [1.807, 2.05) is 27.7 Å². The monoisotopic (exact) mass is 430 g/mol. The molecule has 8 nitrogen and oxygen atoms in total. The van der Waals surface area contributed by atoms with Gasteiger partial charge in [0.05, 0.1) is 6.61 Å². The molecule has 0 spiro atoms. The minimum atomic E-state index is -1.43. The lowest BCUT2D eigenvalue weighted by Crippen LogP contribution is -2.57. The molecule has 0 rings (SSSR count). The number of esters is 1. The number of amides is 2. The molecule has 0 bridgehead atoms. The summed E-state index contributed by atoms with van der Waals surface area (Å²) in [7, 11) is 0. The Morgan fingerprint density at radius 1 is 0.867 bits per heavy atom. The highest BCUT2D eigenvalue weighted by molar-refractivity contribution is 5.92. The van der Waals surface area contributed by atoms with E-state index in [1.54, 1.807) is 27.7 Å². The summed E-state index contributed by atoms with van der Waals surface area (Å²) in [5, 5.41) is 25.2. The Morgan fingerprint density at radius 2 is 1.37 bits per heavy atom. The zero-order valence-corrected chi connectivity index (χ0v) is 19.8. The third-order valence-corrected chi connectivity index (χ3v) is 5.28. The van der Waals surface area contributed by atoms with Crippen LogP contribution in [0, 0.1) is 29.6 Å². The fourth-order valence-electron chi connectivity index (χ4n) is 2.94. The van der Waals surface area contributed by atoms with Gasteiger partial charge in [0.25, 0.3) is 0 Å². The number of hydrogen-bond donors (Lipinski definition) is 4. The van der Waals surface area contributed by atoms with Crippen molar-refractivity contribution >= 4 is 17.8 Å². The largest absolute Gasteiger partial charge is 0.464 e. The van der Waals surface area contributed by atoms with Crippen molar-refractivity contribution in [2.75, 3.05) is 13.2 Å². The maximum atomic E-state index is 12.9. The molecule has 176 valence electrons. The van der Waals surface area contributed by atoms with E-state index in [-0.39, 0.29) is 36.9 Å². The average Bonchev–Trinajstić information content (AvgIpc) is 2.67. The van der Waals surface area contributed by atoms with Gasteiger partial charge in [-0.1, -0.05) is 61.8 Å². The smallest absolute Gasteiger partial charge is 0.328 e. The Hall–Kier alpha value is -1.67. The van der Waals surface area contributed by atoms with Gasteiger partial charge in [0, 0.05) is 12.5 Å². The highest BCUT2D eigenvalue weighted by atomic mass is 16.5. The van der Waals surface area contributed by atoms with E-state index in [0.29, 0.717) is 6.42 Å². The Morgan fingerprint density at radius 3 is 1.77 bits per heavy atom. The van der Waals surface area contributed by atoms with E-state index in [4.69, 9.17) is 4.74 Å². The van der Waals surface area contributed by atoms with Crippen LogP contribution in [0.15, 0.2) is 0 Å². The second-order valence-electron chi connectivity index (χ2n) is 9.16. The van der Waals surface area contributed by atoms with Crippen LogP contribution in [0.3, 0.4) is 0 Å². The summed E-state index contributed by atoms with van der Waals surface area (Å²) in [5.74, 6) is -2.75. The number of hydrogen-bond acceptors (Lipinski definition) is 6. The predicted octanol–water partition coefficient (Wildman–Crippen LogP) is 1.48. The lowest BCUT2D eigenvalue weighted by atomic mass is 9.87. The molecule has 0 radical (unpaired) electrons. The van der Waals surface area contributed by atoms with E-state index >= 15 is 0 Å². The quantitative estimate of drug-likeness (QED) is 0.328. The Labute approximate surface area is 181 Å². The maximum absolute atomic E-state index is 12.9. The second kappa shape index (κ2) is 13.6. The van der Waals surface area contributed by atoms with Crippen molar-refractivity contribution in [1.82, 2.24) is 10.6 Å². The van der Waals surface area contributed by atoms with Crippen LogP contribution in [0.5, 0.6) is 0 Å². The number of carbonyl (C=O) groups excluding carboxylic acids is 3. The summed E-state index contributed by atoms with van der Waals surface area (Å²) in [6, 6.07) is -1.78. The highest BCUT2D eigenvalue weighted by Crippen LogP contribution is 2.19. The zero-order valence-electron chi connectivity index (χ0n) is 19.8. The molecule has 2 amide bonds. The van der Waals surface area contributed by atoms with Gasteiger partial charge < -0.3 is 25.6 Å². The van der Waals surface area contributed by atoms with Crippen molar-refractivity contribution in [1.29, 1.82) is 0 Å². The third kappa shape index (κ3) is 9.00. The molecule has 0 aliphatic heterocycles. The molecule has 5 atom stereocenters. The number of aliphatic hydroxyl groups is 2. The first-order chi connectivity index (χ1) is 13.9. The molecule has 30 heavy (non-hydrogen) atoms. The van der Waals surface area contributed by atoms with E-state index in [2.05, 4.69) is 10.6 Å². The van der Waals surface area contributed by atoms with Crippen molar-refractivity contribution in [2.24, 2.45) is 29.6 Å². The molecule has 0 saturated heterocycles. The van der Waals surface area contributed by atoms with Crippen molar-refractivity contribution < 1.29 is 29.3 Å². The maximum Gasteiger partial charge on any atom is 0.328 e. The molecule has 8 heteroatoms. The van der Waals surface area contributed by atoms with Crippen molar-refractivity contribution in [2.45, 2.75) is 80.0 Å². The molecule has 0 heterocycles. The van der Waals surface area contributed by atoms with Crippen LogP contribution < -0.4 is 10.6 Å². The molecule has 0 fully saturated rings. The lowest BCUT2D eigenvalue weighted by molar-refractivity contribution is -0.150. The second-order valence-corrected chi connectivity index (χ2v) is 9.16. The summed E-state index contributed by atoms with van der Waals surface area (Å²) in [6.07, 6.45) is -0.742. The molecule has 0 aliphatic carbocycles. The van der Waals surface area contributed by atoms with Crippen LogP contribution in [0.4, 0.5) is 0 Å². The molecule has 0 aromatic rings. The Bertz CT molecular complexity index is 550. The standard InChI is InChI=1S/C22H42N2O6/c1-9-15(8)16(10-25)19(26)21(28)23-17(13(4)5)20(27)24-18(14(6)7)22(29)30-11-12(2)3/h12-19,25-26H,9-11H2,1-8H3,(H,23,28)(H,24,27)/t15-,16-,17-,18-,19+/m0/s1. The Balaban J connectivity index is 5.28. The molecular formula is C22H42N2O6. The topological polar surface area (TPSA) is 125 Å². The predicted molar refractivity (Wildman–Crippen MR) is 115 cm³/mol. The van der Waals surface area contributed by atoms with Gasteiger partial charge in [-0.2, -0.15) is 0 Å². The van der Waals surface area contributed by atoms with Crippen LogP contribution in [-0.4, -0.2) is 59.4 Å². The molecule has 0 aliphatic rings. The summed E-state index contributed by atoms with van der Waals surface area (Å²) >= 11 is 0. The van der Waals surface area contributed by atoms with E-state index in [1.165, 1.54) is 0 Å². The van der Waals surface area contributed by atoms with Crippen LogP contribution in [0.25, 0.3) is 0 Å². The van der Waals surface area contributed by atoms with E-state index in [0.717, 1.165) is 0 Å². The molecule has 0 aromatic carbocycles. The number of nitrogens with one attached hydrogen (secondary N) is 2. The number of ether oxygens (including phenoxy) is 1. The first-order valence-electron chi connectivity index (χ1n) is 10.9. The van der Waals surface area contributed by atoms with Crippen LogP contribution in [-0.2, 0) is 19.1 Å². The summed E-state index contributed by atoms with van der Waals surface area (Å²) in [6.45, 7) is 14.6. The van der Waals surface area contributed by atoms with E-state index < -0.39 is 41.9 Å². The SMILES string of the molecule is CC[C@H](C)[C@H](CO)[C@@H](O)C(=O)N[C@H](C(=O)N[C@H](C(=O)OCC(C)C)C(C)C)C(C)C. The van der Waals surface area contributed by atoms with E-state index in [9.17, 15) is 24.6 Å². The number of rotatable bonds is 13. The van der Waals surface area contributed by atoms with Crippen molar-refractivity contribution in [3.05, 3.63) is 0 Å². The zero-order chi connectivity index (χ0) is 23.6. The Kier molecular flexibility index (Phi) is 12.8. The molecule has 0 saturated carbocycles. The van der Waals surface area contributed by atoms with Crippen molar-refractivity contribution in [3.8, 4) is 0 Å². The first kappa shape index (κ1) is 28.3. The number of carbonyl (C=O) groups is 3. The van der Waals surface area contributed by atoms with Gasteiger partial charge in [0.1, 0.15) is 18.2 Å². The van der Waals surface area contributed by atoms with Gasteiger partial charge in [0.15, 0.2) is 0 Å². The minimum Gasteiger partial charge on any atom is -0.464 e. The first-order valence-corrected chi connectivity index (χ1v) is 10.9. The fraction of sp³-hybridized carbons (Fsp3) is 0.864. The van der Waals surface area contributed by atoms with Gasteiger partial charge in [-0.15, -0.1) is 0 Å². The summed E-state index contributed by atoms with van der Waals surface area (Å²) in [4.78, 5) is 37.8. The summed E-state index contributed by atoms with van der Waals surface area (Å²) in [5.41, 5.74) is 0. The molecule has 0 aromatic heterocycles. The highest BCUT2D eigenvalue weighted by Gasteiger charge is 2.35. The summed E-state index contributed by atoms with van der Waals surface area (Å²) < 4.78 is 5.26. The average molecular weight is 431 g/mol. The lowest BCUT2D eigenvalue weighted by Gasteiger charge is -2.29. The molecule has 4 N–H and O–H groups in total. The van der Waals surface area contributed by atoms with Crippen LogP contribution in [0.1, 0.15) is 61.8 Å². The van der Waals surface area contributed by atoms with Gasteiger partial charge >= 0.3 is 5.97 Å². The van der Waals surface area contributed by atoms with Gasteiger partial charge in [-0.3, -0.25) is 9.59 Å². The third-order valence-electron chi connectivity index (χ3n) is 5.28. The van der Waals surface area contributed by atoms with Crippen molar-refractivity contribution in [3.63, 3.8) is 0 Å². The van der Waals surface area contributed by atoms with Gasteiger partial charge in [-0.05, 0) is 23.7 Å². The van der Waals surface area contributed by atoms with Crippen LogP contribution in [0.2, 0.25) is 0 Å². The molecule has 0 unspecified atom stereocenters. The van der Waals surface area contributed by atoms with Gasteiger partial charge in [-0.25, -0.2) is 4.79 Å². The minimum absolute atomic E-state index is 0.0666. The molecular weight excluding hydrogens is 388 g/mol. The van der Waals surface area contributed by atoms with Crippen LogP contribution >= 0.6 is 0 Å². The normalized spacial score (nSPS) is 16.7. The fourth-order valence-corrected chi connectivity index (χ4v) is 2.94. The van der Waals surface area contributed by atoms with Gasteiger partial charge in [0.2, 0.25) is 11.8 Å².